The molecule has 2 aromatic heterocycles. The van der Waals surface area contributed by atoms with E-state index in [1.54, 1.807) is 6.33 Å². The predicted octanol–water partition coefficient (Wildman–Crippen LogP) is 2.75. The van der Waals surface area contributed by atoms with Gasteiger partial charge >= 0.3 is 0 Å². The Morgan fingerprint density at radius 2 is 1.96 bits per heavy atom. The Kier molecular flexibility index (Phi) is 6.37. The number of aryl methyl sites for hydroxylation is 1. The topological polar surface area (TPSA) is 107 Å². The molecular weight excluding hydrogens is 357 g/mol. The van der Waals surface area contributed by atoms with Crippen molar-refractivity contribution in [3.63, 3.8) is 0 Å². The number of hydrogen-bond acceptors (Lipinski definition) is 8. The Balaban J connectivity index is 1.69. The van der Waals surface area contributed by atoms with Crippen LogP contribution in [0.5, 0.6) is 0 Å². The first-order valence-electron chi connectivity index (χ1n) is 8.84. The number of ether oxygens (including phenoxy) is 2. The molecule has 3 atom stereocenters. The number of anilines is 1. The van der Waals surface area contributed by atoms with Crippen LogP contribution in [0.4, 0.5) is 5.95 Å². The number of nitrogens with zero attached hydrogens (tertiary/aromatic N) is 4. The van der Waals surface area contributed by atoms with Crippen LogP contribution in [-0.2, 0) is 18.5 Å². The molecule has 0 radical (unpaired) electrons. The minimum absolute atomic E-state index is 0.140. The molecular formula is C16H26N5O4P. The fourth-order valence-electron chi connectivity index (χ4n) is 2.96. The Morgan fingerprint density at radius 1 is 1.23 bits per heavy atom. The molecule has 9 nitrogen and oxygen atoms in total. The summed E-state index contributed by atoms with van der Waals surface area (Å²) >= 11 is 0. The summed E-state index contributed by atoms with van der Waals surface area (Å²) in [6.07, 6.45) is 2.39. The van der Waals surface area contributed by atoms with E-state index in [2.05, 4.69) is 15.0 Å². The number of rotatable bonds is 8. The maximum absolute atomic E-state index is 6.11. The maximum atomic E-state index is 6.11. The number of nitrogen functional groups attached to an aromatic ring is 1. The van der Waals surface area contributed by atoms with Gasteiger partial charge in [-0.2, -0.15) is 4.98 Å². The molecule has 144 valence electrons. The molecule has 0 spiro atoms. The monoisotopic (exact) mass is 383 g/mol. The van der Waals surface area contributed by atoms with Gasteiger partial charge < -0.3 is 24.3 Å². The molecule has 0 aromatic carbocycles. The van der Waals surface area contributed by atoms with Crippen LogP contribution >= 0.6 is 8.38 Å². The summed E-state index contributed by atoms with van der Waals surface area (Å²) in [6, 6.07) is 0. The van der Waals surface area contributed by atoms with Crippen molar-refractivity contribution < 1.29 is 18.5 Å². The minimum atomic E-state index is -0.904. The van der Waals surface area contributed by atoms with E-state index < -0.39 is 8.38 Å². The van der Waals surface area contributed by atoms with Crippen molar-refractivity contribution in [2.24, 2.45) is 0 Å². The second-order valence-corrected chi connectivity index (χ2v) is 7.60. The molecule has 1 fully saturated rings. The highest BCUT2D eigenvalue weighted by Crippen LogP contribution is 2.41. The Hall–Kier alpha value is -1.38. The van der Waals surface area contributed by atoms with Gasteiger partial charge in [-0.15, -0.1) is 0 Å². The van der Waals surface area contributed by atoms with Gasteiger partial charge in [0, 0.05) is 12.6 Å². The van der Waals surface area contributed by atoms with Crippen LogP contribution in [0.25, 0.3) is 11.2 Å². The molecule has 3 rings (SSSR count). The summed E-state index contributed by atoms with van der Waals surface area (Å²) in [4.78, 5) is 12.9. The van der Waals surface area contributed by atoms with Crippen LogP contribution in [0.1, 0.15) is 39.1 Å². The molecule has 10 heteroatoms. The van der Waals surface area contributed by atoms with Crippen LogP contribution in [0.3, 0.4) is 0 Å². The van der Waals surface area contributed by atoms with E-state index in [0.717, 1.165) is 17.4 Å². The van der Waals surface area contributed by atoms with Crippen molar-refractivity contribution in [2.45, 2.75) is 52.7 Å². The zero-order valence-corrected chi connectivity index (χ0v) is 16.5. The Labute approximate surface area is 154 Å². The second-order valence-electron chi connectivity index (χ2n) is 5.97. The smallest absolute Gasteiger partial charge is 0.222 e. The maximum Gasteiger partial charge on any atom is 0.222 e. The first kappa shape index (κ1) is 19.4. The highest BCUT2D eigenvalue weighted by molar-refractivity contribution is 7.47. The summed E-state index contributed by atoms with van der Waals surface area (Å²) < 4.78 is 25.2. The minimum Gasteiger partial charge on any atom is -0.368 e. The van der Waals surface area contributed by atoms with E-state index in [0.29, 0.717) is 25.3 Å². The van der Waals surface area contributed by atoms with Gasteiger partial charge in [-0.1, -0.05) is 0 Å². The highest BCUT2D eigenvalue weighted by atomic mass is 31.2. The average Bonchev–Trinajstić information content (AvgIpc) is 3.16. The van der Waals surface area contributed by atoms with Crippen LogP contribution in [0.15, 0.2) is 6.33 Å². The van der Waals surface area contributed by atoms with Crippen LogP contribution < -0.4 is 5.73 Å². The molecule has 1 saturated heterocycles. The van der Waals surface area contributed by atoms with Crippen LogP contribution in [0.2, 0.25) is 0 Å². The lowest BCUT2D eigenvalue weighted by Gasteiger charge is -2.17. The number of fused-ring (bicyclic) bond motifs is 1. The third-order valence-electron chi connectivity index (χ3n) is 4.04. The fourth-order valence-corrected chi connectivity index (χ4v) is 4.29. The standard InChI is InChI=1S/C16H26N5O4P/c1-5-22-26(23-6-2)8-7-12-24-11(4)15(25-12)21-9-18-13-10(3)19-16(17)20-14(13)21/h9,11-12,15H,5-8H2,1-4H3,(H2,17,19,20). The first-order valence-corrected chi connectivity index (χ1v) is 10.2. The summed E-state index contributed by atoms with van der Waals surface area (Å²) in [5.41, 5.74) is 7.91. The largest absolute Gasteiger partial charge is 0.368 e. The molecule has 26 heavy (non-hydrogen) atoms. The summed E-state index contributed by atoms with van der Waals surface area (Å²) in [5, 5.41) is 0. The van der Waals surface area contributed by atoms with Gasteiger partial charge in [0.05, 0.1) is 25.2 Å². The number of aromatic nitrogens is 4. The first-order chi connectivity index (χ1) is 12.5. The van der Waals surface area contributed by atoms with Crippen molar-refractivity contribution in [3.05, 3.63) is 12.0 Å². The molecule has 2 N–H and O–H groups in total. The SMILES string of the molecule is CCOP(CCC1OC(C)C(n2cnc3c(C)nc(N)nc32)O1)OCC. The lowest BCUT2D eigenvalue weighted by molar-refractivity contribution is -0.0747. The van der Waals surface area contributed by atoms with Crippen molar-refractivity contribution >= 4 is 25.5 Å². The quantitative estimate of drug-likeness (QED) is 0.694. The molecule has 1 aliphatic rings. The normalized spacial score (nSPS) is 23.3. The third kappa shape index (κ3) is 4.13. The van der Waals surface area contributed by atoms with Gasteiger partial charge in [0.1, 0.15) is 11.6 Å². The summed E-state index contributed by atoms with van der Waals surface area (Å²) in [5.74, 6) is 0.221. The van der Waals surface area contributed by atoms with Gasteiger partial charge in [0.15, 0.2) is 26.5 Å². The van der Waals surface area contributed by atoms with E-state index in [4.69, 9.17) is 24.3 Å². The fraction of sp³-hybridized carbons (Fsp3) is 0.688. The van der Waals surface area contributed by atoms with E-state index in [9.17, 15) is 0 Å². The van der Waals surface area contributed by atoms with E-state index in [1.807, 2.05) is 32.3 Å². The summed E-state index contributed by atoms with van der Waals surface area (Å²) in [6.45, 7) is 9.04. The van der Waals surface area contributed by atoms with E-state index in [1.165, 1.54) is 0 Å². The zero-order chi connectivity index (χ0) is 18.7. The molecule has 3 unspecified atom stereocenters. The summed E-state index contributed by atoms with van der Waals surface area (Å²) in [7, 11) is -0.904. The van der Waals surface area contributed by atoms with Gasteiger partial charge in [0.2, 0.25) is 5.95 Å². The van der Waals surface area contributed by atoms with Crippen LogP contribution in [-0.4, -0.2) is 51.3 Å². The molecule has 0 saturated carbocycles. The lowest BCUT2D eigenvalue weighted by atomic mass is 10.3. The van der Waals surface area contributed by atoms with Crippen LogP contribution in [0, 0.1) is 6.92 Å². The van der Waals surface area contributed by atoms with Gasteiger partial charge in [-0.05, 0) is 27.7 Å². The average molecular weight is 383 g/mol. The van der Waals surface area contributed by atoms with Gasteiger partial charge in [0.25, 0.3) is 0 Å². The Bertz CT molecular complexity index is 737. The number of nitrogens with two attached hydrogens (primary N) is 1. The number of hydrogen-bond donors (Lipinski definition) is 1. The molecule has 3 heterocycles. The molecule has 0 aliphatic carbocycles. The highest BCUT2D eigenvalue weighted by Gasteiger charge is 2.36. The molecule has 0 bridgehead atoms. The van der Waals surface area contributed by atoms with Crippen molar-refractivity contribution in [3.8, 4) is 0 Å². The molecule has 2 aromatic rings. The van der Waals surface area contributed by atoms with E-state index in [-0.39, 0.29) is 24.6 Å². The number of imidazole rings is 1. The van der Waals surface area contributed by atoms with Gasteiger partial charge in [-0.25, -0.2) is 9.97 Å². The predicted molar refractivity (Wildman–Crippen MR) is 98.6 cm³/mol. The van der Waals surface area contributed by atoms with Crippen molar-refractivity contribution in [2.75, 3.05) is 25.1 Å². The van der Waals surface area contributed by atoms with E-state index >= 15 is 0 Å². The molecule has 0 amide bonds. The zero-order valence-electron chi connectivity index (χ0n) is 15.6. The molecule has 1 aliphatic heterocycles. The van der Waals surface area contributed by atoms with Gasteiger partial charge in [-0.3, -0.25) is 4.57 Å². The lowest BCUT2D eigenvalue weighted by Crippen LogP contribution is -2.18. The Morgan fingerprint density at radius 3 is 2.65 bits per heavy atom. The second kappa shape index (κ2) is 8.54. The third-order valence-corrected chi connectivity index (χ3v) is 5.76. The van der Waals surface area contributed by atoms with Crippen molar-refractivity contribution in [1.82, 2.24) is 19.5 Å². The van der Waals surface area contributed by atoms with Crippen molar-refractivity contribution in [1.29, 1.82) is 0 Å².